The van der Waals surface area contributed by atoms with E-state index in [9.17, 15) is 38.6 Å². The molecule has 0 saturated heterocycles. The number of nitrogens with zero attached hydrogens (tertiary/aromatic N) is 4. The molecule has 0 spiro atoms. The Hall–Kier alpha value is -2.85. The number of carboxylic acid groups (broad SMARTS) is 2. The summed E-state index contributed by atoms with van der Waals surface area (Å²) in [7, 11) is 1.62. The van der Waals surface area contributed by atoms with Crippen LogP contribution in [0.3, 0.4) is 0 Å². The molecule has 1 aliphatic rings. The summed E-state index contributed by atoms with van der Waals surface area (Å²) in [5, 5.41) is 59.3. The number of alkyl halides is 1. The summed E-state index contributed by atoms with van der Waals surface area (Å²) < 4.78 is 44.9. The third-order valence-electron chi connectivity index (χ3n) is 8.12. The number of carboxylic acids is 2. The van der Waals surface area contributed by atoms with Crippen LogP contribution >= 0.6 is 0 Å². The molecule has 2 amide bonds. The maximum Gasteiger partial charge on any atom is 1.00 e. The number of hydrogen-bond donors (Lipinski definition) is 7. The molecule has 1 aliphatic heterocycles. The van der Waals surface area contributed by atoms with Gasteiger partial charge in [-0.05, 0) is 32.0 Å². The number of nitrogens with one attached hydrogen (secondary N) is 2. The van der Waals surface area contributed by atoms with Crippen LogP contribution in [0.15, 0.2) is 18.2 Å². The number of esters is 1. The molecule has 2 bridgehead atoms. The molecule has 1 aromatic rings. The number of aliphatic hydroxyl groups excluding tert-OH is 3. The molecule has 66 heavy (non-hydrogen) atoms. The van der Waals surface area contributed by atoms with Crippen molar-refractivity contribution in [2.75, 3.05) is 140 Å². The standard InChI is InChI=1S/C30H50N6O12.C6H12O4.CH3F.CH3O.2CH4.Mn.Na/c1-34-9-11-35(25(27(39)40)5-7-31-29(43)47-19-17-45-15-13-37)21-23-3-2-4-24(33-23)22-36(12-10-34)26(28(41)42)6-8-32-30(44)48-20-18-46-16-14-38;1-6(8)10-5-4-9-3-2-7;2*1-2;;;;/h2-4,25-26,37-38H,5-22H2,1H3,(H,31,43)(H,32,44)(H,39,40)(H,41,42);7H,2-5H2,1H3;2*1H3;2*1H4;;/q;;;-1;;;;+1/i;;1D;;;;;. The first-order chi connectivity index (χ1) is 30.3. The van der Waals surface area contributed by atoms with E-state index in [1.807, 2.05) is 11.9 Å². The zero-order valence-corrected chi connectivity index (χ0v) is 40.5. The third kappa shape index (κ3) is 40.2. The smallest absolute Gasteiger partial charge is 0.857 e. The van der Waals surface area contributed by atoms with E-state index in [1.54, 1.807) is 28.0 Å². The number of pyridine rings is 1. The summed E-state index contributed by atoms with van der Waals surface area (Å²) in [6.07, 6.45) is -1.17. The molecule has 1 radical (unpaired) electrons. The van der Waals surface area contributed by atoms with Gasteiger partial charge >= 0.3 is 59.7 Å². The first-order valence-corrected chi connectivity index (χ1v) is 19.7. The number of rotatable bonds is 25. The van der Waals surface area contributed by atoms with Crippen molar-refractivity contribution in [3.05, 3.63) is 29.6 Å². The number of carbonyl (C=O) groups excluding carboxylic acids is 3. The molecule has 7 N–H and O–H groups in total. The molecule has 1 aromatic heterocycles. The Labute approximate surface area is 423 Å². The van der Waals surface area contributed by atoms with Gasteiger partial charge in [0.05, 0.1) is 79.4 Å². The Kier molecular flexibility index (Phi) is 56.3. The topological polar surface area (TPSA) is 312 Å². The van der Waals surface area contributed by atoms with Crippen molar-refractivity contribution in [2.24, 2.45) is 0 Å². The van der Waals surface area contributed by atoms with Gasteiger partial charge in [0.1, 0.15) is 31.9 Å². The molecule has 26 heteroatoms. The molecule has 383 valence electrons. The van der Waals surface area contributed by atoms with E-state index in [0.29, 0.717) is 50.8 Å². The predicted molar refractivity (Wildman–Crippen MR) is 230 cm³/mol. The fourth-order valence-corrected chi connectivity index (χ4v) is 5.30. The number of aliphatic carboxylic acids is 2. The fourth-order valence-electron chi connectivity index (χ4n) is 5.30. The van der Waals surface area contributed by atoms with E-state index in [2.05, 4.69) is 15.4 Å². The molecule has 2 unspecified atom stereocenters. The number of likely N-dealkylation sites (N-methyl/N-ethyl adjacent to an activating group) is 1. The molecule has 0 aliphatic carbocycles. The van der Waals surface area contributed by atoms with Crippen LogP contribution in [-0.4, -0.2) is 227 Å². The molecular weight excluding hydrogens is 933 g/mol. The number of alkyl carbamates (subject to hydrolysis) is 2. The van der Waals surface area contributed by atoms with Gasteiger partial charge in [-0.2, -0.15) is 7.11 Å². The van der Waals surface area contributed by atoms with Crippen molar-refractivity contribution in [2.45, 2.75) is 59.8 Å². The van der Waals surface area contributed by atoms with E-state index in [-0.39, 0.29) is 173 Å². The van der Waals surface area contributed by atoms with Crippen molar-refractivity contribution in [3.8, 4) is 0 Å². The number of amides is 2. The van der Waals surface area contributed by atoms with Gasteiger partial charge in [-0.1, -0.05) is 20.9 Å². The predicted octanol–water partition coefficient (Wildman–Crippen LogP) is -3.82. The van der Waals surface area contributed by atoms with E-state index < -0.39 is 43.4 Å². The minimum absolute atomic E-state index is 0. The molecule has 23 nitrogen and oxygen atoms in total. The first-order valence-electron chi connectivity index (χ1n) is 20.4. The van der Waals surface area contributed by atoms with Crippen LogP contribution in [0.25, 0.3) is 0 Å². The number of aliphatic hydroxyl groups is 3. The Morgan fingerprint density at radius 2 is 1.06 bits per heavy atom. The van der Waals surface area contributed by atoms with Crippen LogP contribution in [-0.2, 0) is 73.0 Å². The molecule has 2 heterocycles. The van der Waals surface area contributed by atoms with E-state index >= 15 is 0 Å². The van der Waals surface area contributed by atoms with E-state index in [1.165, 1.54) is 6.92 Å². The van der Waals surface area contributed by atoms with Crippen molar-refractivity contribution in [1.29, 1.82) is 0 Å². The van der Waals surface area contributed by atoms with Gasteiger partial charge in [-0.3, -0.25) is 33.6 Å². The van der Waals surface area contributed by atoms with Crippen LogP contribution in [0.4, 0.5) is 14.0 Å². The average Bonchev–Trinajstić information content (AvgIpc) is 3.25. The van der Waals surface area contributed by atoms with Gasteiger partial charge < -0.3 is 74.6 Å². The number of halogens is 1. The number of fused-ring (bicyclic) bond motifs is 2. The van der Waals surface area contributed by atoms with Crippen LogP contribution in [0.2, 0.25) is 0 Å². The van der Waals surface area contributed by atoms with E-state index in [4.69, 9.17) is 50.5 Å². The molecule has 0 saturated carbocycles. The number of aromatic nitrogens is 1. The molecule has 2 rings (SSSR count). The number of hydrogen-bond acceptors (Lipinski definition) is 19. The number of ether oxygens (including phenoxy) is 6. The van der Waals surface area contributed by atoms with Crippen LogP contribution in [0.1, 0.15) is 47.4 Å². The maximum atomic E-state index is 12.4. The molecule has 2 atom stereocenters. The largest absolute Gasteiger partial charge is 1.00 e. The van der Waals surface area contributed by atoms with Crippen LogP contribution in [0.5, 0.6) is 0 Å². The Morgan fingerprint density at radius 1 is 0.712 bits per heavy atom. The van der Waals surface area contributed by atoms with Gasteiger partial charge in [-0.15, -0.1) is 0 Å². The zero-order chi connectivity index (χ0) is 47.7. The van der Waals surface area contributed by atoms with Crippen molar-refractivity contribution < 1.29 is 135 Å². The van der Waals surface area contributed by atoms with E-state index in [0.717, 1.165) is 7.11 Å². The second-order valence-electron chi connectivity index (χ2n) is 12.6. The van der Waals surface area contributed by atoms with Crippen LogP contribution in [0, 0.1) is 0 Å². The van der Waals surface area contributed by atoms with Gasteiger partial charge in [0.15, 0.2) is 0 Å². The van der Waals surface area contributed by atoms with Crippen LogP contribution < -0.4 is 45.3 Å². The van der Waals surface area contributed by atoms with Crippen molar-refractivity contribution in [3.63, 3.8) is 0 Å². The third-order valence-corrected chi connectivity index (χ3v) is 8.12. The Bertz CT molecular complexity index is 1290. The minimum Gasteiger partial charge on any atom is -0.857 e. The summed E-state index contributed by atoms with van der Waals surface area (Å²) in [5.74, 6) is -2.40. The van der Waals surface area contributed by atoms with Gasteiger partial charge in [0.2, 0.25) is 0 Å². The number of carbonyl (C=O) groups is 5. The second-order valence-corrected chi connectivity index (χ2v) is 12.6. The maximum absolute atomic E-state index is 12.4. The zero-order valence-electron chi connectivity index (χ0n) is 38.3. The Balaban J connectivity index is -0.000000424. The summed E-state index contributed by atoms with van der Waals surface area (Å²) in [4.78, 5) is 69.2. The Morgan fingerprint density at radius 3 is 1.38 bits per heavy atom. The van der Waals surface area contributed by atoms with Gasteiger partial charge in [0.25, 0.3) is 0 Å². The SMILES string of the molecule is C.C.CC(=O)OCCOCCO.CN1CCN(C(CCNC(=O)OCCOCCO)C(=O)O)Cc2cccc(n2)CN(C(CCNC(=O)OCCOCCO)C(=O)O)CC1.C[O-].[2H]CF.[Mn].[Na+]. The summed E-state index contributed by atoms with van der Waals surface area (Å²) in [6.45, 7) is 4.73. The van der Waals surface area contributed by atoms with Gasteiger partial charge in [0, 0.05) is 76.4 Å². The summed E-state index contributed by atoms with van der Waals surface area (Å²) in [6, 6.07) is 3.49. The molecule has 0 aromatic carbocycles. The molecular formula is C40H76FMnN6NaO17. The van der Waals surface area contributed by atoms with Crippen molar-refractivity contribution in [1.82, 2.24) is 30.3 Å². The fraction of sp³-hybridized carbons (Fsp3) is 0.750. The van der Waals surface area contributed by atoms with Gasteiger partial charge in [-0.25, -0.2) is 9.59 Å². The summed E-state index contributed by atoms with van der Waals surface area (Å²) in [5.41, 5.74) is 1.22. The second kappa shape index (κ2) is 51.5. The normalized spacial score (nSPS) is 13.5. The monoisotopic (exact) mass is 1010 g/mol. The minimum atomic E-state index is -1.04. The quantitative estimate of drug-likeness (QED) is 0.0214. The first kappa shape index (κ1) is 72.1. The van der Waals surface area contributed by atoms with Crippen molar-refractivity contribution >= 4 is 30.1 Å². The summed E-state index contributed by atoms with van der Waals surface area (Å²) >= 11 is 0. The molecule has 0 fully saturated rings. The average molecular weight is 1010 g/mol.